The molecule has 0 amide bonds. The quantitative estimate of drug-likeness (QED) is 0.867. The summed E-state index contributed by atoms with van der Waals surface area (Å²) in [7, 11) is 2.00. The second-order valence-corrected chi connectivity index (χ2v) is 5.38. The van der Waals surface area contributed by atoms with E-state index < -0.39 is 0 Å². The summed E-state index contributed by atoms with van der Waals surface area (Å²) in [5.41, 5.74) is 2.91. The van der Waals surface area contributed by atoms with Crippen molar-refractivity contribution in [3.05, 3.63) is 57.7 Å². The second kappa shape index (κ2) is 5.85. The van der Waals surface area contributed by atoms with Crippen molar-refractivity contribution in [2.24, 2.45) is 0 Å². The lowest BCUT2D eigenvalue weighted by Crippen LogP contribution is -2.18. The lowest BCUT2D eigenvalue weighted by Gasteiger charge is -2.20. The molecule has 96 valence electrons. The lowest BCUT2D eigenvalue weighted by molar-refractivity contribution is 0.889. The van der Waals surface area contributed by atoms with Crippen molar-refractivity contribution in [3.8, 4) is 6.07 Å². The van der Waals surface area contributed by atoms with Crippen LogP contribution in [0, 0.1) is 18.3 Å². The number of aromatic nitrogens is 1. The lowest BCUT2D eigenvalue weighted by atomic mass is 10.1. The van der Waals surface area contributed by atoms with E-state index in [2.05, 4.69) is 31.9 Å². The van der Waals surface area contributed by atoms with E-state index in [9.17, 15) is 0 Å². The predicted molar refractivity (Wildman–Crippen MR) is 79.9 cm³/mol. The first-order valence-electron chi connectivity index (χ1n) is 5.92. The molecule has 0 fully saturated rings. The van der Waals surface area contributed by atoms with Gasteiger partial charge in [0, 0.05) is 24.3 Å². The summed E-state index contributed by atoms with van der Waals surface area (Å²) in [6.07, 6.45) is 1.80. The van der Waals surface area contributed by atoms with Gasteiger partial charge in [-0.25, -0.2) is 4.98 Å². The predicted octanol–water partition coefficient (Wildman–Crippen LogP) is 3.66. The molecule has 1 aromatic heterocycles. The zero-order valence-electron chi connectivity index (χ0n) is 10.9. The normalized spacial score (nSPS) is 10.0. The Morgan fingerprint density at radius 2 is 2.16 bits per heavy atom. The van der Waals surface area contributed by atoms with Gasteiger partial charge in [0.25, 0.3) is 0 Å². The Labute approximate surface area is 121 Å². The molecule has 4 heteroatoms. The highest BCUT2D eigenvalue weighted by atomic mass is 79.9. The molecule has 3 nitrogen and oxygen atoms in total. The van der Waals surface area contributed by atoms with Gasteiger partial charge in [-0.1, -0.05) is 12.1 Å². The summed E-state index contributed by atoms with van der Waals surface area (Å²) in [6.45, 7) is 2.76. The summed E-state index contributed by atoms with van der Waals surface area (Å²) in [5, 5.41) is 8.91. The van der Waals surface area contributed by atoms with E-state index in [0.717, 1.165) is 28.0 Å². The Morgan fingerprint density at radius 3 is 2.84 bits per heavy atom. The van der Waals surface area contributed by atoms with Gasteiger partial charge in [0.15, 0.2) is 0 Å². The van der Waals surface area contributed by atoms with Crippen molar-refractivity contribution >= 4 is 21.7 Å². The van der Waals surface area contributed by atoms with Crippen LogP contribution < -0.4 is 4.90 Å². The van der Waals surface area contributed by atoms with Crippen LogP contribution in [0.1, 0.15) is 16.7 Å². The maximum atomic E-state index is 8.91. The standard InChI is InChI=1S/C15H14BrN3/c1-11-6-14(16)9-18-15(11)19(2)10-13-5-3-4-12(7-13)8-17/h3-7,9H,10H2,1-2H3. The average Bonchev–Trinajstić information content (AvgIpc) is 2.38. The summed E-state index contributed by atoms with van der Waals surface area (Å²) in [4.78, 5) is 6.51. The van der Waals surface area contributed by atoms with Crippen molar-refractivity contribution in [3.63, 3.8) is 0 Å². The van der Waals surface area contributed by atoms with E-state index in [4.69, 9.17) is 5.26 Å². The molecule has 2 rings (SSSR count). The molecule has 0 radical (unpaired) electrons. The first kappa shape index (κ1) is 13.6. The molecule has 0 saturated heterocycles. The fourth-order valence-corrected chi connectivity index (χ4v) is 2.47. The van der Waals surface area contributed by atoms with Gasteiger partial charge in [-0.15, -0.1) is 0 Å². The van der Waals surface area contributed by atoms with Crippen LogP contribution in [0.4, 0.5) is 5.82 Å². The monoisotopic (exact) mass is 315 g/mol. The topological polar surface area (TPSA) is 39.9 Å². The summed E-state index contributed by atoms with van der Waals surface area (Å²) >= 11 is 3.41. The molecule has 0 N–H and O–H groups in total. The zero-order valence-corrected chi connectivity index (χ0v) is 12.5. The number of aryl methyl sites for hydroxylation is 1. The van der Waals surface area contributed by atoms with Crippen molar-refractivity contribution in [2.45, 2.75) is 13.5 Å². The minimum atomic E-state index is 0.686. The summed E-state index contributed by atoms with van der Waals surface area (Å²) in [6, 6.07) is 11.9. The van der Waals surface area contributed by atoms with Crippen molar-refractivity contribution in [1.82, 2.24) is 4.98 Å². The third-order valence-corrected chi connectivity index (χ3v) is 3.29. The number of nitrogens with zero attached hydrogens (tertiary/aromatic N) is 3. The van der Waals surface area contributed by atoms with Crippen LogP contribution in [-0.2, 0) is 6.54 Å². The Bertz CT molecular complexity index is 632. The number of rotatable bonds is 3. The third kappa shape index (κ3) is 3.33. The number of benzene rings is 1. The smallest absolute Gasteiger partial charge is 0.131 e. The highest BCUT2D eigenvalue weighted by Gasteiger charge is 2.07. The molecule has 2 aromatic rings. The molecule has 0 aliphatic rings. The maximum Gasteiger partial charge on any atom is 0.131 e. The first-order chi connectivity index (χ1) is 9.10. The highest BCUT2D eigenvalue weighted by Crippen LogP contribution is 2.21. The van der Waals surface area contributed by atoms with Crippen LogP contribution in [-0.4, -0.2) is 12.0 Å². The van der Waals surface area contributed by atoms with E-state index in [1.54, 1.807) is 6.20 Å². The summed E-state index contributed by atoms with van der Waals surface area (Å²) in [5.74, 6) is 0.950. The minimum Gasteiger partial charge on any atom is -0.355 e. The number of nitriles is 1. The van der Waals surface area contributed by atoms with Crippen molar-refractivity contribution < 1.29 is 0 Å². The van der Waals surface area contributed by atoms with Crippen LogP contribution in [0.2, 0.25) is 0 Å². The van der Waals surface area contributed by atoms with E-state index in [1.165, 1.54) is 0 Å². The van der Waals surface area contributed by atoms with Crippen LogP contribution >= 0.6 is 15.9 Å². The molecule has 0 spiro atoms. The van der Waals surface area contributed by atoms with Gasteiger partial charge in [0.2, 0.25) is 0 Å². The Hall–Kier alpha value is -1.86. The number of anilines is 1. The van der Waals surface area contributed by atoms with E-state index in [-0.39, 0.29) is 0 Å². The molecule has 1 aromatic carbocycles. The maximum absolute atomic E-state index is 8.91. The van der Waals surface area contributed by atoms with E-state index in [1.807, 2.05) is 44.3 Å². The first-order valence-corrected chi connectivity index (χ1v) is 6.72. The Balaban J connectivity index is 2.20. The number of hydrogen-bond donors (Lipinski definition) is 0. The molecule has 0 bridgehead atoms. The Kier molecular flexibility index (Phi) is 4.18. The summed E-state index contributed by atoms with van der Waals surface area (Å²) < 4.78 is 0.980. The molecule has 0 saturated carbocycles. The molecule has 0 atom stereocenters. The fourth-order valence-electron chi connectivity index (χ4n) is 2.02. The van der Waals surface area contributed by atoms with Crippen LogP contribution in [0.3, 0.4) is 0 Å². The molecule has 0 unspecified atom stereocenters. The van der Waals surface area contributed by atoms with E-state index in [0.29, 0.717) is 5.56 Å². The Morgan fingerprint density at radius 1 is 1.37 bits per heavy atom. The van der Waals surface area contributed by atoms with Gasteiger partial charge in [0.1, 0.15) is 5.82 Å². The second-order valence-electron chi connectivity index (χ2n) is 4.46. The molecule has 19 heavy (non-hydrogen) atoms. The highest BCUT2D eigenvalue weighted by molar-refractivity contribution is 9.10. The fraction of sp³-hybridized carbons (Fsp3) is 0.200. The molecule has 0 aliphatic carbocycles. The van der Waals surface area contributed by atoms with Gasteiger partial charge >= 0.3 is 0 Å². The van der Waals surface area contributed by atoms with Gasteiger partial charge in [-0.05, 0) is 52.2 Å². The van der Waals surface area contributed by atoms with Gasteiger partial charge in [0.05, 0.1) is 11.6 Å². The van der Waals surface area contributed by atoms with Gasteiger partial charge in [-0.3, -0.25) is 0 Å². The molecular weight excluding hydrogens is 302 g/mol. The third-order valence-electron chi connectivity index (χ3n) is 2.85. The van der Waals surface area contributed by atoms with Gasteiger partial charge < -0.3 is 4.90 Å². The van der Waals surface area contributed by atoms with Crippen LogP contribution in [0.5, 0.6) is 0 Å². The number of halogens is 1. The van der Waals surface area contributed by atoms with Crippen LogP contribution in [0.25, 0.3) is 0 Å². The SMILES string of the molecule is Cc1cc(Br)cnc1N(C)Cc1cccc(C#N)c1. The number of pyridine rings is 1. The molecule has 0 aliphatic heterocycles. The van der Waals surface area contributed by atoms with E-state index >= 15 is 0 Å². The van der Waals surface area contributed by atoms with Gasteiger partial charge in [-0.2, -0.15) is 5.26 Å². The average molecular weight is 316 g/mol. The minimum absolute atomic E-state index is 0.686. The van der Waals surface area contributed by atoms with Crippen molar-refractivity contribution in [1.29, 1.82) is 5.26 Å². The van der Waals surface area contributed by atoms with Crippen molar-refractivity contribution in [2.75, 3.05) is 11.9 Å². The molecular formula is C15H14BrN3. The van der Waals surface area contributed by atoms with Crippen LogP contribution in [0.15, 0.2) is 41.0 Å². The largest absolute Gasteiger partial charge is 0.355 e. The number of hydrogen-bond acceptors (Lipinski definition) is 3. The zero-order chi connectivity index (χ0) is 13.8. The molecule has 1 heterocycles.